The molecular weight excluding hydrogens is 484 g/mol. The second-order valence-corrected chi connectivity index (χ2v) is 9.17. The van der Waals surface area contributed by atoms with Gasteiger partial charge in [0.1, 0.15) is 22.9 Å². The summed E-state index contributed by atoms with van der Waals surface area (Å²) in [6.45, 7) is 2.90. The van der Waals surface area contributed by atoms with Gasteiger partial charge < -0.3 is 20.3 Å². The molecule has 11 nitrogen and oxygen atoms in total. The molecule has 1 atom stereocenters. The predicted molar refractivity (Wildman–Crippen MR) is 132 cm³/mol. The van der Waals surface area contributed by atoms with Crippen LogP contribution in [-0.4, -0.2) is 72.3 Å². The molecule has 1 aromatic carbocycles. The average molecular weight is 507 g/mol. The molecule has 1 aliphatic rings. The number of aryl methyl sites for hydroxylation is 1. The minimum absolute atomic E-state index is 0.0302. The van der Waals surface area contributed by atoms with Gasteiger partial charge in [-0.15, -0.1) is 0 Å². The van der Waals surface area contributed by atoms with Crippen LogP contribution in [-0.2, 0) is 11.3 Å². The molecule has 184 valence electrons. The highest BCUT2D eigenvalue weighted by atomic mass is 35.5. The maximum Gasteiger partial charge on any atom is 0.255 e. The molecule has 3 N–H and O–H groups in total. The van der Waals surface area contributed by atoms with E-state index in [2.05, 4.69) is 31.4 Å². The van der Waals surface area contributed by atoms with E-state index in [0.29, 0.717) is 53.6 Å². The number of aliphatic hydroxyl groups is 1. The lowest BCUT2D eigenvalue weighted by Crippen LogP contribution is -2.55. The lowest BCUT2D eigenvalue weighted by atomic mass is 10.0. The number of likely N-dealkylation sites (tertiary alicyclic amines) is 1. The first-order valence-electron chi connectivity index (χ1n) is 11.5. The van der Waals surface area contributed by atoms with Crippen LogP contribution in [0, 0.1) is 17.2 Å². The Bertz CT molecular complexity index is 1520. The van der Waals surface area contributed by atoms with E-state index < -0.39 is 11.9 Å². The molecular formula is C24H23ClN8O3. The lowest BCUT2D eigenvalue weighted by Gasteiger charge is -2.37. The van der Waals surface area contributed by atoms with Gasteiger partial charge in [0, 0.05) is 42.8 Å². The fraction of sp³-hybridized carbons (Fsp3) is 0.333. The largest absolute Gasteiger partial charge is 0.396 e. The minimum atomic E-state index is -0.755. The lowest BCUT2D eigenvalue weighted by molar-refractivity contribution is -0.137. The van der Waals surface area contributed by atoms with Crippen LogP contribution in [0.4, 0.5) is 0 Å². The fourth-order valence-electron chi connectivity index (χ4n) is 4.26. The Hall–Kier alpha value is -4.01. The van der Waals surface area contributed by atoms with E-state index in [0.717, 1.165) is 10.9 Å². The Morgan fingerprint density at radius 1 is 1.39 bits per heavy atom. The summed E-state index contributed by atoms with van der Waals surface area (Å²) in [7, 11) is 0. The minimum Gasteiger partial charge on any atom is -0.396 e. The van der Waals surface area contributed by atoms with Gasteiger partial charge in [0.15, 0.2) is 5.65 Å². The van der Waals surface area contributed by atoms with Crippen molar-refractivity contribution in [3.05, 3.63) is 41.2 Å². The van der Waals surface area contributed by atoms with Gasteiger partial charge in [-0.3, -0.25) is 14.3 Å². The molecule has 0 saturated carbocycles. The summed E-state index contributed by atoms with van der Waals surface area (Å²) in [4.78, 5) is 39.2. The van der Waals surface area contributed by atoms with Crippen molar-refractivity contribution in [3.63, 3.8) is 0 Å². The molecule has 0 aliphatic carbocycles. The van der Waals surface area contributed by atoms with Crippen LogP contribution in [0.1, 0.15) is 23.7 Å². The molecule has 12 heteroatoms. The highest BCUT2D eigenvalue weighted by Gasteiger charge is 2.33. The van der Waals surface area contributed by atoms with Gasteiger partial charge in [-0.2, -0.15) is 10.4 Å². The number of rotatable bonds is 7. The van der Waals surface area contributed by atoms with E-state index in [9.17, 15) is 14.7 Å². The highest BCUT2D eigenvalue weighted by molar-refractivity contribution is 6.31. The molecule has 1 saturated heterocycles. The molecule has 2 amide bonds. The number of halogens is 1. The molecule has 3 aromatic heterocycles. The number of benzene rings is 1. The molecule has 1 unspecified atom stereocenters. The molecule has 4 aromatic rings. The average Bonchev–Trinajstić information content (AvgIpc) is 3.42. The van der Waals surface area contributed by atoms with Gasteiger partial charge in [0.25, 0.3) is 5.91 Å². The van der Waals surface area contributed by atoms with Crippen LogP contribution in [0.3, 0.4) is 0 Å². The van der Waals surface area contributed by atoms with Gasteiger partial charge >= 0.3 is 0 Å². The van der Waals surface area contributed by atoms with Crippen molar-refractivity contribution in [3.8, 4) is 17.5 Å². The number of nitrogens with one attached hydrogen (secondary N) is 2. The summed E-state index contributed by atoms with van der Waals surface area (Å²) in [6.07, 6.45) is 3.62. The van der Waals surface area contributed by atoms with Crippen LogP contribution in [0.2, 0.25) is 5.02 Å². The third-order valence-corrected chi connectivity index (χ3v) is 6.44. The van der Waals surface area contributed by atoms with Crippen molar-refractivity contribution < 1.29 is 14.7 Å². The number of aliphatic hydroxyl groups excluding tert-OH is 1. The topological polar surface area (TPSA) is 153 Å². The van der Waals surface area contributed by atoms with Gasteiger partial charge in [0.2, 0.25) is 5.91 Å². The Balaban J connectivity index is 1.44. The first-order chi connectivity index (χ1) is 17.4. The fourth-order valence-corrected chi connectivity index (χ4v) is 4.42. The van der Waals surface area contributed by atoms with E-state index in [-0.39, 0.29) is 24.0 Å². The first kappa shape index (κ1) is 23.7. The number of carbonyl (C=O) groups is 2. The number of carbonyl (C=O) groups excluding carboxylic acids is 2. The van der Waals surface area contributed by atoms with E-state index in [1.807, 2.05) is 6.07 Å². The zero-order valence-electron chi connectivity index (χ0n) is 19.4. The summed E-state index contributed by atoms with van der Waals surface area (Å²) in [5.41, 5.74) is 2.88. The van der Waals surface area contributed by atoms with E-state index in [1.54, 1.807) is 34.8 Å². The zero-order chi connectivity index (χ0) is 25.4. The molecule has 0 bridgehead atoms. The van der Waals surface area contributed by atoms with Gasteiger partial charge in [-0.05, 0) is 31.5 Å². The first-order valence-corrected chi connectivity index (χ1v) is 11.9. The number of aromatic amines is 1. The number of amides is 2. The standard InChI is InChI=1S/C24H23ClN8O3/c1-13(24(36)32-11-14(8-26)12-32)29-23(35)17-9-27-22-21(17)30-18(10-28-22)20-16-4-3-15(25)7-19(16)33(31-20)5-2-6-34/h3-4,7,9-10,13-14,34H,2,5-6,11-12H2,1H3,(H,27,28)(H,29,35). The Kier molecular flexibility index (Phi) is 6.30. The van der Waals surface area contributed by atoms with Crippen LogP contribution < -0.4 is 5.32 Å². The van der Waals surface area contributed by atoms with Crippen molar-refractivity contribution in [2.24, 2.45) is 5.92 Å². The van der Waals surface area contributed by atoms with Gasteiger partial charge in [0.05, 0.1) is 29.3 Å². The Morgan fingerprint density at radius 2 is 2.19 bits per heavy atom. The van der Waals surface area contributed by atoms with Crippen LogP contribution in [0.5, 0.6) is 0 Å². The summed E-state index contributed by atoms with van der Waals surface area (Å²) in [6, 6.07) is 6.80. The van der Waals surface area contributed by atoms with Crippen LogP contribution >= 0.6 is 11.6 Å². The maximum atomic E-state index is 13.0. The van der Waals surface area contributed by atoms with E-state index in [1.165, 1.54) is 6.20 Å². The second kappa shape index (κ2) is 9.56. The third-order valence-electron chi connectivity index (χ3n) is 6.20. The Morgan fingerprint density at radius 3 is 2.94 bits per heavy atom. The van der Waals surface area contributed by atoms with Gasteiger partial charge in [-0.25, -0.2) is 9.97 Å². The number of aromatic nitrogens is 5. The van der Waals surface area contributed by atoms with Crippen molar-refractivity contribution in [2.45, 2.75) is 25.9 Å². The molecule has 0 spiro atoms. The third kappa shape index (κ3) is 4.25. The van der Waals surface area contributed by atoms with E-state index in [4.69, 9.17) is 16.9 Å². The summed E-state index contributed by atoms with van der Waals surface area (Å²) < 4.78 is 1.77. The molecule has 1 aliphatic heterocycles. The Labute approximate surface area is 210 Å². The smallest absolute Gasteiger partial charge is 0.255 e. The van der Waals surface area contributed by atoms with Crippen molar-refractivity contribution >= 4 is 45.5 Å². The normalized spacial score (nSPS) is 14.6. The highest BCUT2D eigenvalue weighted by Crippen LogP contribution is 2.30. The monoisotopic (exact) mass is 506 g/mol. The molecule has 5 rings (SSSR count). The van der Waals surface area contributed by atoms with Gasteiger partial charge in [-0.1, -0.05) is 11.6 Å². The summed E-state index contributed by atoms with van der Waals surface area (Å²) >= 11 is 6.20. The second-order valence-electron chi connectivity index (χ2n) is 8.73. The maximum absolute atomic E-state index is 13.0. The number of hydrogen-bond donors (Lipinski definition) is 3. The van der Waals surface area contributed by atoms with Crippen LogP contribution in [0.25, 0.3) is 33.5 Å². The number of hydrogen-bond acceptors (Lipinski definition) is 7. The number of nitrogens with zero attached hydrogens (tertiary/aromatic N) is 6. The van der Waals surface area contributed by atoms with Crippen molar-refractivity contribution in [1.82, 2.24) is 34.9 Å². The van der Waals surface area contributed by atoms with Crippen LogP contribution in [0.15, 0.2) is 30.6 Å². The summed E-state index contributed by atoms with van der Waals surface area (Å²) in [5, 5.41) is 27.0. The molecule has 1 fully saturated rings. The quantitative estimate of drug-likeness (QED) is 0.347. The number of H-pyrrole nitrogens is 1. The number of fused-ring (bicyclic) bond motifs is 2. The van der Waals surface area contributed by atoms with Crippen molar-refractivity contribution in [2.75, 3.05) is 19.7 Å². The number of nitriles is 1. The molecule has 36 heavy (non-hydrogen) atoms. The molecule has 0 radical (unpaired) electrons. The van der Waals surface area contributed by atoms with E-state index >= 15 is 0 Å². The zero-order valence-corrected chi connectivity index (χ0v) is 20.2. The predicted octanol–water partition coefficient (Wildman–Crippen LogP) is 2.11. The van der Waals surface area contributed by atoms with Crippen molar-refractivity contribution in [1.29, 1.82) is 5.26 Å². The molecule has 4 heterocycles. The summed E-state index contributed by atoms with van der Waals surface area (Å²) in [5.74, 6) is -0.852. The SMILES string of the molecule is CC(NC(=O)c1c[nH]c2ncc(-c3nn(CCCO)c4cc(Cl)ccc34)nc12)C(=O)N1CC(C#N)C1.